The van der Waals surface area contributed by atoms with Gasteiger partial charge in [-0.05, 0) is 25.7 Å². The molecule has 1 atom stereocenters. The van der Waals surface area contributed by atoms with E-state index in [4.69, 9.17) is 0 Å². The van der Waals surface area contributed by atoms with Gasteiger partial charge in [0, 0.05) is 12.5 Å². The van der Waals surface area contributed by atoms with E-state index in [1.807, 2.05) is 4.68 Å². The lowest BCUT2D eigenvalue weighted by Gasteiger charge is -2.16. The molecule has 4 heteroatoms. The maximum Gasteiger partial charge on any atom is 0.156 e. The molecule has 4 nitrogen and oxygen atoms in total. The van der Waals surface area contributed by atoms with Crippen LogP contribution in [0.5, 0.6) is 0 Å². The third-order valence-corrected chi connectivity index (χ3v) is 3.58. The molecule has 0 spiro atoms. The van der Waals surface area contributed by atoms with E-state index in [2.05, 4.69) is 10.1 Å². The van der Waals surface area contributed by atoms with Crippen molar-refractivity contribution >= 4 is 0 Å². The summed E-state index contributed by atoms with van der Waals surface area (Å²) in [5, 5.41) is 14.3. The fourth-order valence-corrected chi connectivity index (χ4v) is 2.70. The van der Waals surface area contributed by atoms with E-state index >= 15 is 0 Å². The van der Waals surface area contributed by atoms with Crippen LogP contribution in [-0.2, 0) is 6.54 Å². The lowest BCUT2D eigenvalue weighted by Crippen LogP contribution is -2.16. The number of hydrogen-bond donors (Lipinski definition) is 1. The number of aryl methyl sites for hydroxylation is 1. The SMILES string of the molecule is OC1CCCn2nc(C3CCCC3)nc21. The van der Waals surface area contributed by atoms with E-state index in [0.717, 1.165) is 31.0 Å². The second-order valence-corrected chi connectivity index (χ2v) is 4.69. The first-order valence-electron chi connectivity index (χ1n) is 5.97. The summed E-state index contributed by atoms with van der Waals surface area (Å²) in [5.41, 5.74) is 0. The molecule has 1 aromatic rings. The minimum Gasteiger partial charge on any atom is -0.385 e. The monoisotopic (exact) mass is 207 g/mol. The average Bonchev–Trinajstić information content (AvgIpc) is 2.86. The highest BCUT2D eigenvalue weighted by atomic mass is 16.3. The predicted octanol–water partition coefficient (Wildman–Crippen LogP) is 1.76. The van der Waals surface area contributed by atoms with Gasteiger partial charge in [-0.1, -0.05) is 12.8 Å². The number of rotatable bonds is 1. The molecule has 1 N–H and O–H groups in total. The first-order chi connectivity index (χ1) is 7.34. The van der Waals surface area contributed by atoms with E-state index in [0.29, 0.717) is 5.92 Å². The van der Waals surface area contributed by atoms with Crippen LogP contribution in [0.15, 0.2) is 0 Å². The van der Waals surface area contributed by atoms with Gasteiger partial charge >= 0.3 is 0 Å². The fraction of sp³-hybridized carbons (Fsp3) is 0.818. The summed E-state index contributed by atoms with van der Waals surface area (Å²) >= 11 is 0. The summed E-state index contributed by atoms with van der Waals surface area (Å²) in [5.74, 6) is 2.32. The van der Waals surface area contributed by atoms with Gasteiger partial charge in [0.15, 0.2) is 11.6 Å². The van der Waals surface area contributed by atoms with Crippen molar-refractivity contribution in [3.8, 4) is 0 Å². The van der Waals surface area contributed by atoms with Crippen LogP contribution in [0.4, 0.5) is 0 Å². The highest BCUT2D eigenvalue weighted by Crippen LogP contribution is 2.33. The smallest absolute Gasteiger partial charge is 0.156 e. The first-order valence-corrected chi connectivity index (χ1v) is 5.97. The van der Waals surface area contributed by atoms with Crippen LogP contribution in [0.2, 0.25) is 0 Å². The summed E-state index contributed by atoms with van der Waals surface area (Å²) in [6, 6.07) is 0. The molecule has 82 valence electrons. The number of aliphatic hydroxyl groups is 1. The highest BCUT2D eigenvalue weighted by Gasteiger charge is 2.26. The maximum atomic E-state index is 9.79. The van der Waals surface area contributed by atoms with Gasteiger partial charge in [0.1, 0.15) is 6.10 Å². The van der Waals surface area contributed by atoms with Gasteiger partial charge in [-0.25, -0.2) is 9.67 Å². The Labute approximate surface area is 89.3 Å². The van der Waals surface area contributed by atoms with Crippen molar-refractivity contribution in [3.05, 3.63) is 11.6 Å². The molecular formula is C11H17N3O. The number of hydrogen-bond acceptors (Lipinski definition) is 3. The van der Waals surface area contributed by atoms with E-state index in [-0.39, 0.29) is 6.10 Å². The van der Waals surface area contributed by atoms with E-state index in [9.17, 15) is 5.11 Å². The van der Waals surface area contributed by atoms with Crippen LogP contribution in [0, 0.1) is 0 Å². The van der Waals surface area contributed by atoms with E-state index in [1.165, 1.54) is 25.7 Å². The van der Waals surface area contributed by atoms with E-state index < -0.39 is 0 Å². The summed E-state index contributed by atoms with van der Waals surface area (Å²) in [6.07, 6.45) is 6.51. The molecule has 0 amide bonds. The first kappa shape index (κ1) is 9.33. The average molecular weight is 207 g/mol. The number of aliphatic hydroxyl groups excluding tert-OH is 1. The molecule has 0 aromatic carbocycles. The Bertz CT molecular complexity index is 355. The van der Waals surface area contributed by atoms with Crippen molar-refractivity contribution in [1.29, 1.82) is 0 Å². The molecule has 0 radical (unpaired) electrons. The molecule has 0 bridgehead atoms. The molecule has 0 saturated heterocycles. The molecule has 2 heterocycles. The van der Waals surface area contributed by atoms with Crippen LogP contribution in [0.3, 0.4) is 0 Å². The molecule has 3 rings (SSSR count). The molecule has 1 fully saturated rings. The zero-order valence-electron chi connectivity index (χ0n) is 8.89. The van der Waals surface area contributed by atoms with Crippen molar-refractivity contribution < 1.29 is 5.11 Å². The van der Waals surface area contributed by atoms with Gasteiger partial charge in [-0.15, -0.1) is 0 Å². The maximum absolute atomic E-state index is 9.79. The van der Waals surface area contributed by atoms with Crippen LogP contribution in [0.25, 0.3) is 0 Å². The number of aromatic nitrogens is 3. The highest BCUT2D eigenvalue weighted by molar-refractivity contribution is 5.04. The largest absolute Gasteiger partial charge is 0.385 e. The second-order valence-electron chi connectivity index (χ2n) is 4.69. The van der Waals surface area contributed by atoms with Crippen LogP contribution < -0.4 is 0 Å². The molecule has 2 aliphatic rings. The van der Waals surface area contributed by atoms with E-state index in [1.54, 1.807) is 0 Å². The Balaban J connectivity index is 1.90. The van der Waals surface area contributed by atoms with Crippen LogP contribution in [-0.4, -0.2) is 19.9 Å². The standard InChI is InChI=1S/C11H17N3O/c15-9-6-3-7-14-11(9)12-10(13-14)8-4-1-2-5-8/h8-9,15H,1-7H2. The molecular weight excluding hydrogens is 190 g/mol. The Morgan fingerprint density at radius 2 is 1.93 bits per heavy atom. The van der Waals surface area contributed by atoms with Crippen LogP contribution in [0.1, 0.15) is 62.2 Å². The third-order valence-electron chi connectivity index (χ3n) is 3.58. The molecule has 1 unspecified atom stereocenters. The van der Waals surface area contributed by atoms with Gasteiger partial charge in [-0.3, -0.25) is 0 Å². The van der Waals surface area contributed by atoms with Crippen LogP contribution >= 0.6 is 0 Å². The Kier molecular flexibility index (Phi) is 2.24. The predicted molar refractivity (Wildman–Crippen MR) is 55.4 cm³/mol. The minimum atomic E-state index is -0.388. The topological polar surface area (TPSA) is 50.9 Å². The lowest BCUT2D eigenvalue weighted by molar-refractivity contribution is 0.130. The van der Waals surface area contributed by atoms with Crippen molar-refractivity contribution in [1.82, 2.24) is 14.8 Å². The minimum absolute atomic E-state index is 0.388. The summed E-state index contributed by atoms with van der Waals surface area (Å²) < 4.78 is 1.90. The van der Waals surface area contributed by atoms with Gasteiger partial charge in [0.2, 0.25) is 0 Å². The number of nitrogens with zero attached hydrogens (tertiary/aromatic N) is 3. The third kappa shape index (κ3) is 1.57. The Hall–Kier alpha value is -0.900. The molecule has 1 saturated carbocycles. The van der Waals surface area contributed by atoms with Crippen molar-refractivity contribution in [3.63, 3.8) is 0 Å². The van der Waals surface area contributed by atoms with Gasteiger partial charge in [0.05, 0.1) is 0 Å². The summed E-state index contributed by atoms with van der Waals surface area (Å²) in [4.78, 5) is 4.52. The molecule has 1 aliphatic heterocycles. The zero-order valence-corrected chi connectivity index (χ0v) is 8.89. The molecule has 15 heavy (non-hydrogen) atoms. The summed E-state index contributed by atoms with van der Waals surface area (Å²) in [6.45, 7) is 0.923. The van der Waals surface area contributed by atoms with Gasteiger partial charge < -0.3 is 5.11 Å². The number of fused-ring (bicyclic) bond motifs is 1. The quantitative estimate of drug-likeness (QED) is 0.763. The second kappa shape index (κ2) is 3.59. The van der Waals surface area contributed by atoms with Crippen molar-refractivity contribution in [2.75, 3.05) is 0 Å². The molecule has 1 aliphatic carbocycles. The zero-order chi connectivity index (χ0) is 10.3. The summed E-state index contributed by atoms with van der Waals surface area (Å²) in [7, 11) is 0. The lowest BCUT2D eigenvalue weighted by atomic mass is 10.1. The van der Waals surface area contributed by atoms with Crippen molar-refractivity contribution in [2.24, 2.45) is 0 Å². The Morgan fingerprint density at radius 3 is 2.67 bits per heavy atom. The Morgan fingerprint density at radius 1 is 1.13 bits per heavy atom. The van der Waals surface area contributed by atoms with Crippen molar-refractivity contribution in [2.45, 2.75) is 57.1 Å². The molecule has 1 aromatic heterocycles. The van der Waals surface area contributed by atoms with Gasteiger partial charge in [0.25, 0.3) is 0 Å². The fourth-order valence-electron chi connectivity index (χ4n) is 2.70. The van der Waals surface area contributed by atoms with Gasteiger partial charge in [-0.2, -0.15) is 5.10 Å². The normalized spacial score (nSPS) is 26.9.